The average molecular weight is 321 g/mol. The molecule has 0 saturated carbocycles. The van der Waals surface area contributed by atoms with Crippen molar-refractivity contribution in [3.8, 4) is 5.69 Å². The highest BCUT2D eigenvalue weighted by Gasteiger charge is 2.18. The molecule has 22 heavy (non-hydrogen) atoms. The SMILES string of the molecule is Cc1c(Cl)cccc1-n1ccn(CC2CCCO2)c(=O)c1=O. The molecule has 1 fully saturated rings. The van der Waals surface area contributed by atoms with Crippen molar-refractivity contribution in [1.82, 2.24) is 9.13 Å². The van der Waals surface area contributed by atoms with Crippen molar-refractivity contribution in [2.24, 2.45) is 0 Å². The van der Waals surface area contributed by atoms with Gasteiger partial charge in [0.15, 0.2) is 0 Å². The summed E-state index contributed by atoms with van der Waals surface area (Å²) in [5.41, 5.74) is 0.268. The molecule has 0 bridgehead atoms. The predicted octanol–water partition coefficient (Wildman–Crippen LogP) is 2.14. The van der Waals surface area contributed by atoms with Crippen molar-refractivity contribution in [2.45, 2.75) is 32.4 Å². The van der Waals surface area contributed by atoms with E-state index in [1.165, 1.54) is 9.13 Å². The van der Waals surface area contributed by atoms with Crippen LogP contribution in [0.15, 0.2) is 40.2 Å². The first-order valence-electron chi connectivity index (χ1n) is 7.27. The second-order valence-electron chi connectivity index (χ2n) is 5.45. The quantitative estimate of drug-likeness (QED) is 0.814. The molecular formula is C16H17ClN2O3. The molecule has 0 amide bonds. The maximum Gasteiger partial charge on any atom is 0.320 e. The Kier molecular flexibility index (Phi) is 4.18. The van der Waals surface area contributed by atoms with Gasteiger partial charge >= 0.3 is 11.1 Å². The molecule has 3 rings (SSSR count). The minimum atomic E-state index is -0.578. The molecule has 1 saturated heterocycles. The minimum Gasteiger partial charge on any atom is -0.376 e. The van der Waals surface area contributed by atoms with Crippen molar-refractivity contribution >= 4 is 11.6 Å². The van der Waals surface area contributed by atoms with Gasteiger partial charge in [0, 0.05) is 24.0 Å². The monoisotopic (exact) mass is 320 g/mol. The topological polar surface area (TPSA) is 53.2 Å². The Labute approximate surface area is 132 Å². The Morgan fingerprint density at radius 3 is 2.82 bits per heavy atom. The summed E-state index contributed by atoms with van der Waals surface area (Å²) in [6, 6.07) is 5.28. The van der Waals surface area contributed by atoms with Crippen molar-refractivity contribution in [3.63, 3.8) is 0 Å². The van der Waals surface area contributed by atoms with Crippen LogP contribution in [0, 0.1) is 6.92 Å². The summed E-state index contributed by atoms with van der Waals surface area (Å²) in [6.07, 6.45) is 5.17. The fraction of sp³-hybridized carbons (Fsp3) is 0.375. The van der Waals surface area contributed by atoms with E-state index in [0.29, 0.717) is 17.3 Å². The number of halogens is 1. The summed E-state index contributed by atoms with van der Waals surface area (Å²) in [7, 11) is 0. The van der Waals surface area contributed by atoms with E-state index >= 15 is 0 Å². The van der Waals surface area contributed by atoms with Gasteiger partial charge in [0.25, 0.3) is 0 Å². The molecule has 116 valence electrons. The van der Waals surface area contributed by atoms with Crippen LogP contribution in [0.1, 0.15) is 18.4 Å². The van der Waals surface area contributed by atoms with E-state index in [0.717, 1.165) is 25.0 Å². The zero-order valence-corrected chi connectivity index (χ0v) is 13.0. The Balaban J connectivity index is 2.01. The molecule has 0 radical (unpaired) electrons. The first-order valence-corrected chi connectivity index (χ1v) is 7.65. The van der Waals surface area contributed by atoms with Gasteiger partial charge < -0.3 is 9.30 Å². The number of rotatable bonds is 3. The fourth-order valence-electron chi connectivity index (χ4n) is 2.71. The third-order valence-corrected chi connectivity index (χ3v) is 4.39. The number of ether oxygens (including phenoxy) is 1. The third kappa shape index (κ3) is 2.74. The maximum atomic E-state index is 12.4. The molecule has 1 atom stereocenters. The van der Waals surface area contributed by atoms with Gasteiger partial charge in [-0.15, -0.1) is 0 Å². The molecule has 1 aliphatic rings. The molecule has 1 aromatic heterocycles. The highest BCUT2D eigenvalue weighted by atomic mass is 35.5. The van der Waals surface area contributed by atoms with E-state index < -0.39 is 11.1 Å². The predicted molar refractivity (Wildman–Crippen MR) is 85.0 cm³/mol. The van der Waals surface area contributed by atoms with Crippen LogP contribution in [0.4, 0.5) is 0 Å². The summed E-state index contributed by atoms with van der Waals surface area (Å²) in [6.45, 7) is 2.96. The van der Waals surface area contributed by atoms with Crippen LogP contribution in [0.2, 0.25) is 5.02 Å². The first-order chi connectivity index (χ1) is 10.6. The molecule has 0 N–H and O–H groups in total. The van der Waals surface area contributed by atoms with Crippen LogP contribution in [-0.2, 0) is 11.3 Å². The summed E-state index contributed by atoms with van der Waals surface area (Å²) in [4.78, 5) is 24.7. The normalized spacial score (nSPS) is 17.8. The van der Waals surface area contributed by atoms with Crippen molar-refractivity contribution < 1.29 is 4.74 Å². The lowest BCUT2D eigenvalue weighted by Gasteiger charge is -2.14. The number of nitrogens with zero attached hydrogens (tertiary/aromatic N) is 2. The Morgan fingerprint density at radius 1 is 1.27 bits per heavy atom. The Hall–Kier alpha value is -1.85. The number of hydrogen-bond donors (Lipinski definition) is 0. The molecule has 5 nitrogen and oxygen atoms in total. The lowest BCUT2D eigenvalue weighted by Crippen LogP contribution is -2.41. The summed E-state index contributed by atoms with van der Waals surface area (Å²) in [5, 5.41) is 0.563. The van der Waals surface area contributed by atoms with E-state index in [4.69, 9.17) is 16.3 Å². The van der Waals surface area contributed by atoms with Gasteiger partial charge in [-0.2, -0.15) is 0 Å². The van der Waals surface area contributed by atoms with Crippen molar-refractivity contribution in [1.29, 1.82) is 0 Å². The maximum absolute atomic E-state index is 12.4. The Morgan fingerprint density at radius 2 is 2.09 bits per heavy atom. The first kappa shape index (κ1) is 15.1. The van der Waals surface area contributed by atoms with Crippen LogP contribution in [0.25, 0.3) is 5.69 Å². The Bertz CT molecular complexity index is 804. The zero-order valence-electron chi connectivity index (χ0n) is 12.3. The number of benzene rings is 1. The van der Waals surface area contributed by atoms with E-state index in [-0.39, 0.29) is 6.10 Å². The third-order valence-electron chi connectivity index (χ3n) is 3.98. The fourth-order valence-corrected chi connectivity index (χ4v) is 2.88. The minimum absolute atomic E-state index is 0.0147. The van der Waals surface area contributed by atoms with E-state index in [1.807, 2.05) is 6.92 Å². The molecule has 1 aromatic carbocycles. The average Bonchev–Trinajstić information content (AvgIpc) is 3.01. The van der Waals surface area contributed by atoms with Gasteiger partial charge in [-0.05, 0) is 37.5 Å². The molecular weight excluding hydrogens is 304 g/mol. The molecule has 2 aromatic rings. The van der Waals surface area contributed by atoms with Gasteiger partial charge in [-0.3, -0.25) is 14.2 Å². The van der Waals surface area contributed by atoms with Crippen LogP contribution >= 0.6 is 11.6 Å². The zero-order chi connectivity index (χ0) is 15.7. The second-order valence-corrected chi connectivity index (χ2v) is 5.86. The van der Waals surface area contributed by atoms with Gasteiger partial charge in [-0.25, -0.2) is 0 Å². The van der Waals surface area contributed by atoms with E-state index in [2.05, 4.69) is 0 Å². The summed E-state index contributed by atoms with van der Waals surface area (Å²) < 4.78 is 8.28. The standard InChI is InChI=1S/C16H17ClN2O3/c1-11-13(17)5-2-6-14(11)19-8-7-18(15(20)16(19)21)10-12-4-3-9-22-12/h2,5-8,12H,3-4,9-10H2,1H3. The number of aromatic nitrogens is 2. The van der Waals surface area contributed by atoms with Gasteiger partial charge in [0.2, 0.25) is 0 Å². The summed E-state index contributed by atoms with van der Waals surface area (Å²) >= 11 is 6.09. The van der Waals surface area contributed by atoms with Gasteiger partial charge in [0.1, 0.15) is 0 Å². The second kappa shape index (κ2) is 6.10. The molecule has 1 unspecified atom stereocenters. The smallest absolute Gasteiger partial charge is 0.320 e. The highest BCUT2D eigenvalue weighted by Crippen LogP contribution is 2.20. The van der Waals surface area contributed by atoms with Crippen LogP contribution in [0.5, 0.6) is 0 Å². The van der Waals surface area contributed by atoms with Gasteiger partial charge in [-0.1, -0.05) is 17.7 Å². The van der Waals surface area contributed by atoms with Crippen molar-refractivity contribution in [3.05, 3.63) is 61.9 Å². The summed E-state index contributed by atoms with van der Waals surface area (Å²) in [5.74, 6) is 0. The van der Waals surface area contributed by atoms with Crippen LogP contribution < -0.4 is 11.1 Å². The molecule has 2 heterocycles. The van der Waals surface area contributed by atoms with Crippen LogP contribution in [0.3, 0.4) is 0 Å². The molecule has 6 heteroatoms. The highest BCUT2D eigenvalue weighted by molar-refractivity contribution is 6.31. The molecule has 0 spiro atoms. The lowest BCUT2D eigenvalue weighted by molar-refractivity contribution is 0.0959. The van der Waals surface area contributed by atoms with E-state index in [1.54, 1.807) is 30.6 Å². The lowest BCUT2D eigenvalue weighted by atomic mass is 10.2. The van der Waals surface area contributed by atoms with Gasteiger partial charge in [0.05, 0.1) is 18.3 Å². The number of hydrogen-bond acceptors (Lipinski definition) is 3. The largest absolute Gasteiger partial charge is 0.376 e. The van der Waals surface area contributed by atoms with E-state index in [9.17, 15) is 9.59 Å². The molecule has 0 aliphatic carbocycles. The van der Waals surface area contributed by atoms with Crippen LogP contribution in [-0.4, -0.2) is 21.8 Å². The van der Waals surface area contributed by atoms with Crippen molar-refractivity contribution in [2.75, 3.05) is 6.61 Å². The molecule has 1 aliphatic heterocycles.